The number of hydrogen-bond acceptors (Lipinski definition) is 5. The molecular formula is C71H47N7. The molecule has 0 atom stereocenters. The van der Waals surface area contributed by atoms with E-state index in [0.717, 1.165) is 66.6 Å². The average Bonchev–Trinajstić information content (AvgIpc) is 4.12. The van der Waals surface area contributed by atoms with Crippen molar-refractivity contribution in [2.75, 3.05) is 0 Å². The fourth-order valence-corrected chi connectivity index (χ4v) is 13.3. The van der Waals surface area contributed by atoms with E-state index in [0.29, 0.717) is 28.6 Å². The summed E-state index contributed by atoms with van der Waals surface area (Å²) in [6.07, 6.45) is 0. The third-order valence-corrected chi connectivity index (χ3v) is 16.8. The molecule has 13 aromatic rings. The number of nitriles is 2. The third kappa shape index (κ3) is 6.40. The fourth-order valence-electron chi connectivity index (χ4n) is 13.3. The van der Waals surface area contributed by atoms with Crippen molar-refractivity contribution in [3.63, 3.8) is 0 Å². The molecular weight excluding hydrogens is 951 g/mol. The van der Waals surface area contributed by atoms with Gasteiger partial charge in [-0.05, 0) is 122 Å². The Hall–Kier alpha value is -10.2. The smallest absolute Gasteiger partial charge is 0.166 e. The zero-order valence-corrected chi connectivity index (χ0v) is 43.3. The lowest BCUT2D eigenvalue weighted by molar-refractivity contribution is 0.666. The van der Waals surface area contributed by atoms with Crippen molar-refractivity contribution >= 4 is 43.6 Å². The summed E-state index contributed by atoms with van der Waals surface area (Å²) in [7, 11) is 0. The van der Waals surface area contributed by atoms with E-state index in [-0.39, 0.29) is 10.8 Å². The predicted molar refractivity (Wildman–Crippen MR) is 315 cm³/mol. The van der Waals surface area contributed by atoms with Crippen LogP contribution in [0.3, 0.4) is 0 Å². The van der Waals surface area contributed by atoms with Crippen LogP contribution in [0.15, 0.2) is 212 Å². The lowest BCUT2D eigenvalue weighted by Crippen LogP contribution is -2.15. The van der Waals surface area contributed by atoms with Gasteiger partial charge in [0, 0.05) is 49.1 Å². The van der Waals surface area contributed by atoms with E-state index in [1.807, 2.05) is 72.8 Å². The molecule has 7 nitrogen and oxygen atoms in total. The third-order valence-electron chi connectivity index (χ3n) is 16.8. The zero-order valence-electron chi connectivity index (χ0n) is 43.3. The Labute approximate surface area is 451 Å². The molecule has 366 valence electrons. The van der Waals surface area contributed by atoms with Gasteiger partial charge in [-0.2, -0.15) is 10.5 Å². The summed E-state index contributed by atoms with van der Waals surface area (Å²) < 4.78 is 4.69. The molecule has 0 radical (unpaired) electrons. The van der Waals surface area contributed by atoms with Crippen LogP contribution in [-0.4, -0.2) is 24.1 Å². The van der Waals surface area contributed by atoms with E-state index in [1.165, 1.54) is 60.7 Å². The van der Waals surface area contributed by atoms with Crippen LogP contribution in [0.1, 0.15) is 61.1 Å². The van der Waals surface area contributed by atoms with Gasteiger partial charge in [0.25, 0.3) is 0 Å². The Morgan fingerprint density at radius 1 is 0.346 bits per heavy atom. The van der Waals surface area contributed by atoms with Crippen molar-refractivity contribution < 1.29 is 0 Å². The molecule has 10 aromatic carbocycles. The minimum absolute atomic E-state index is 0.257. The zero-order chi connectivity index (χ0) is 52.6. The van der Waals surface area contributed by atoms with Gasteiger partial charge in [0.2, 0.25) is 0 Å². The molecule has 7 heteroatoms. The standard InChI is InChI=1S/C71H47N7/c1-70(2)55-22-12-8-18-47(55)49-33-36-60-63(65(49)70)51-20-10-14-24-57(51)77(60)59-35-31-46(44-29-26-42(40-72)27-30-44)39-54(59)69-75-67(45-16-6-5-7-17-45)74-68(76-69)53-32-28-43(41-73)38-62(53)78-58-25-15-11-21-52(58)64-61(78)37-34-50-48-19-9-13-23-56(48)71(3,4)66(50)64/h5-39H,1-4H3. The first-order valence-corrected chi connectivity index (χ1v) is 26.5. The average molecular weight is 998 g/mol. The van der Waals surface area contributed by atoms with Gasteiger partial charge in [-0.3, -0.25) is 0 Å². The molecule has 0 unspecified atom stereocenters. The van der Waals surface area contributed by atoms with Crippen molar-refractivity contribution in [2.45, 2.75) is 38.5 Å². The van der Waals surface area contributed by atoms with Gasteiger partial charge in [0.15, 0.2) is 17.5 Å². The fraction of sp³-hybridized carbons (Fsp3) is 0.0845. The van der Waals surface area contributed by atoms with Crippen molar-refractivity contribution in [3.05, 3.63) is 246 Å². The largest absolute Gasteiger partial charge is 0.308 e. The van der Waals surface area contributed by atoms with Gasteiger partial charge >= 0.3 is 0 Å². The highest BCUT2D eigenvalue weighted by Crippen LogP contribution is 2.55. The first-order chi connectivity index (χ1) is 38.1. The summed E-state index contributed by atoms with van der Waals surface area (Å²) in [6, 6.07) is 79.0. The molecule has 0 N–H and O–H groups in total. The lowest BCUT2D eigenvalue weighted by atomic mass is 9.80. The van der Waals surface area contributed by atoms with Crippen LogP contribution in [0.5, 0.6) is 0 Å². The maximum Gasteiger partial charge on any atom is 0.166 e. The maximum atomic E-state index is 10.7. The lowest BCUT2D eigenvalue weighted by Gasteiger charge is -2.23. The Morgan fingerprint density at radius 2 is 0.821 bits per heavy atom. The first-order valence-electron chi connectivity index (χ1n) is 26.5. The predicted octanol–water partition coefficient (Wildman–Crippen LogP) is 17.1. The normalized spacial score (nSPS) is 13.6. The molecule has 0 bridgehead atoms. The van der Waals surface area contributed by atoms with Crippen molar-refractivity contribution in [1.29, 1.82) is 10.5 Å². The van der Waals surface area contributed by atoms with Crippen LogP contribution in [-0.2, 0) is 10.8 Å². The van der Waals surface area contributed by atoms with Gasteiger partial charge < -0.3 is 9.13 Å². The second kappa shape index (κ2) is 16.6. The summed E-state index contributed by atoms with van der Waals surface area (Å²) in [6.45, 7) is 9.36. The molecule has 78 heavy (non-hydrogen) atoms. The van der Waals surface area contributed by atoms with E-state index in [4.69, 9.17) is 15.0 Å². The SMILES string of the molecule is CC1(C)c2ccccc2-c2ccc3c(c21)c1ccccc1n3-c1ccc(-c2ccc(C#N)cc2)cc1-c1nc(-c2ccccc2)nc(-c2ccc(C#N)cc2-n2c3ccccc3c3c4c(ccc32)-c2ccccc2C4(C)C)n1. The van der Waals surface area contributed by atoms with Crippen LogP contribution < -0.4 is 0 Å². The highest BCUT2D eigenvalue weighted by Gasteiger charge is 2.40. The van der Waals surface area contributed by atoms with Crippen LogP contribution in [0.25, 0.3) is 123 Å². The summed E-state index contributed by atoms with van der Waals surface area (Å²) in [5.74, 6) is 1.46. The highest BCUT2D eigenvalue weighted by molar-refractivity contribution is 6.16. The number of fused-ring (bicyclic) bond motifs is 14. The quantitative estimate of drug-likeness (QED) is 0.165. The molecule has 15 rings (SSSR count). The minimum atomic E-state index is -0.271. The van der Waals surface area contributed by atoms with Gasteiger partial charge in [0.05, 0.1) is 56.7 Å². The summed E-state index contributed by atoms with van der Waals surface area (Å²) in [5, 5.41) is 25.2. The minimum Gasteiger partial charge on any atom is -0.308 e. The molecule has 3 heterocycles. The van der Waals surface area contributed by atoms with Crippen LogP contribution >= 0.6 is 0 Å². The Kier molecular flexibility index (Phi) is 9.65. The summed E-state index contributed by atoms with van der Waals surface area (Å²) in [4.78, 5) is 16.5. The van der Waals surface area contributed by atoms with E-state index in [1.54, 1.807) is 0 Å². The number of nitrogens with zero attached hydrogens (tertiary/aromatic N) is 7. The van der Waals surface area contributed by atoms with E-state index < -0.39 is 0 Å². The second-order valence-electron chi connectivity index (χ2n) is 21.7. The van der Waals surface area contributed by atoms with Crippen molar-refractivity contribution in [2.24, 2.45) is 0 Å². The van der Waals surface area contributed by atoms with Crippen molar-refractivity contribution in [1.82, 2.24) is 24.1 Å². The Morgan fingerprint density at radius 3 is 1.41 bits per heavy atom. The number of benzene rings is 10. The number of para-hydroxylation sites is 2. The first kappa shape index (κ1) is 45.2. The summed E-state index contributed by atoms with van der Waals surface area (Å²) in [5.41, 5.74) is 21.0. The summed E-state index contributed by atoms with van der Waals surface area (Å²) >= 11 is 0. The molecule has 2 aliphatic carbocycles. The van der Waals surface area contributed by atoms with Crippen LogP contribution in [0.4, 0.5) is 0 Å². The maximum absolute atomic E-state index is 10.7. The molecule has 3 aromatic heterocycles. The van der Waals surface area contributed by atoms with E-state index in [2.05, 4.69) is 188 Å². The van der Waals surface area contributed by atoms with E-state index in [9.17, 15) is 10.5 Å². The highest BCUT2D eigenvalue weighted by atomic mass is 15.1. The monoisotopic (exact) mass is 997 g/mol. The van der Waals surface area contributed by atoms with Crippen LogP contribution in [0, 0.1) is 22.7 Å². The van der Waals surface area contributed by atoms with Gasteiger partial charge in [-0.15, -0.1) is 0 Å². The topological polar surface area (TPSA) is 96.1 Å². The van der Waals surface area contributed by atoms with Crippen molar-refractivity contribution in [3.8, 4) is 91.1 Å². The van der Waals surface area contributed by atoms with Crippen LogP contribution in [0.2, 0.25) is 0 Å². The number of aromatic nitrogens is 5. The Bertz CT molecular complexity index is 4810. The van der Waals surface area contributed by atoms with Gasteiger partial charge in [-0.25, -0.2) is 15.0 Å². The molecule has 0 fully saturated rings. The van der Waals surface area contributed by atoms with E-state index >= 15 is 0 Å². The second-order valence-corrected chi connectivity index (χ2v) is 21.7. The molecule has 2 aliphatic rings. The Balaban J connectivity index is 1.02. The molecule has 0 saturated heterocycles. The molecule has 0 aliphatic heterocycles. The number of hydrogen-bond donors (Lipinski definition) is 0. The van der Waals surface area contributed by atoms with Gasteiger partial charge in [0.1, 0.15) is 0 Å². The molecule has 0 spiro atoms. The molecule has 0 amide bonds. The number of rotatable bonds is 6. The molecule has 0 saturated carbocycles. The van der Waals surface area contributed by atoms with Gasteiger partial charge in [-0.1, -0.05) is 173 Å².